The van der Waals surface area contributed by atoms with Crippen molar-refractivity contribution in [1.82, 2.24) is 14.9 Å². The third kappa shape index (κ3) is 2.54. The van der Waals surface area contributed by atoms with Gasteiger partial charge in [-0.2, -0.15) is 5.10 Å². The highest BCUT2D eigenvalue weighted by Gasteiger charge is 2.20. The molecule has 5 nitrogen and oxygen atoms in total. The zero-order valence-corrected chi connectivity index (χ0v) is 12.8. The van der Waals surface area contributed by atoms with Crippen molar-refractivity contribution in [2.24, 2.45) is 0 Å². The maximum Gasteiger partial charge on any atom is 0.251 e. The van der Waals surface area contributed by atoms with Crippen LogP contribution in [-0.4, -0.2) is 21.6 Å². The third-order valence-corrected chi connectivity index (χ3v) is 4.10. The van der Waals surface area contributed by atoms with Crippen molar-refractivity contribution < 1.29 is 9.53 Å². The molecule has 0 saturated carbocycles. The molecule has 1 aromatic carbocycles. The molecule has 1 aliphatic heterocycles. The van der Waals surface area contributed by atoms with Gasteiger partial charge in [0.05, 0.1) is 11.7 Å². The summed E-state index contributed by atoms with van der Waals surface area (Å²) in [5, 5.41) is 7.24. The molecule has 0 saturated heterocycles. The molecule has 1 amide bonds. The minimum atomic E-state index is -0.0809. The number of ether oxygens (including phenoxy) is 1. The number of hydrogen-bond acceptors (Lipinski definition) is 3. The molecule has 0 bridgehead atoms. The first-order valence-corrected chi connectivity index (χ1v) is 7.70. The molecule has 3 heterocycles. The number of rotatable bonds is 3. The number of nitrogens with one attached hydrogen (secondary N) is 1. The number of carbonyl (C=O) groups excluding carboxylic acids is 1. The summed E-state index contributed by atoms with van der Waals surface area (Å²) in [6.45, 7) is 2.49. The number of fused-ring (bicyclic) bond motifs is 2. The Kier molecular flexibility index (Phi) is 3.26. The topological polar surface area (TPSA) is 55.6 Å². The molecule has 3 aromatic rings. The number of aromatic nitrogens is 2. The highest BCUT2D eigenvalue weighted by molar-refractivity contribution is 5.94. The zero-order valence-electron chi connectivity index (χ0n) is 12.8. The van der Waals surface area contributed by atoms with E-state index in [2.05, 4.69) is 10.4 Å². The third-order valence-electron chi connectivity index (χ3n) is 4.10. The Morgan fingerprint density at radius 1 is 1.39 bits per heavy atom. The quantitative estimate of drug-likeness (QED) is 0.809. The predicted octanol–water partition coefficient (Wildman–Crippen LogP) is 2.59. The van der Waals surface area contributed by atoms with Crippen LogP contribution in [0.25, 0.3) is 5.52 Å². The van der Waals surface area contributed by atoms with Crippen LogP contribution >= 0.6 is 0 Å². The molecular weight excluding hydrogens is 290 g/mol. The van der Waals surface area contributed by atoms with Crippen LogP contribution in [-0.2, 0) is 13.0 Å². The number of benzene rings is 1. The summed E-state index contributed by atoms with van der Waals surface area (Å²) in [5.41, 5.74) is 3.76. The van der Waals surface area contributed by atoms with Crippen molar-refractivity contribution in [2.75, 3.05) is 0 Å². The van der Waals surface area contributed by atoms with E-state index in [9.17, 15) is 4.79 Å². The highest BCUT2D eigenvalue weighted by atomic mass is 16.5. The van der Waals surface area contributed by atoms with Gasteiger partial charge in [-0.1, -0.05) is 6.07 Å². The lowest BCUT2D eigenvalue weighted by Gasteiger charge is -2.06. The van der Waals surface area contributed by atoms with Crippen molar-refractivity contribution in [3.63, 3.8) is 0 Å². The lowest BCUT2D eigenvalue weighted by molar-refractivity contribution is 0.0951. The van der Waals surface area contributed by atoms with E-state index in [4.69, 9.17) is 4.74 Å². The summed E-state index contributed by atoms with van der Waals surface area (Å²) >= 11 is 0. The summed E-state index contributed by atoms with van der Waals surface area (Å²) in [4.78, 5) is 12.4. The van der Waals surface area contributed by atoms with Gasteiger partial charge in [-0.25, -0.2) is 4.52 Å². The normalized spacial score (nSPS) is 16.1. The predicted molar refractivity (Wildman–Crippen MR) is 86.6 cm³/mol. The Hall–Kier alpha value is -2.82. The van der Waals surface area contributed by atoms with E-state index >= 15 is 0 Å². The van der Waals surface area contributed by atoms with E-state index in [1.807, 2.05) is 49.5 Å². The highest BCUT2D eigenvalue weighted by Crippen LogP contribution is 2.29. The molecule has 116 valence electrons. The lowest BCUT2D eigenvalue weighted by atomic mass is 10.1. The number of pyridine rings is 1. The molecule has 4 rings (SSSR count). The molecule has 1 aliphatic rings. The standard InChI is InChI=1S/C18H17N3O2/c1-12-8-14-9-13(5-6-17(14)23-12)18(22)19-10-15-11-20-21-7-3-2-4-16(15)21/h2-7,9,11-12H,8,10H2,1H3,(H,19,22). The molecule has 23 heavy (non-hydrogen) atoms. The molecule has 0 radical (unpaired) electrons. The van der Waals surface area contributed by atoms with Crippen molar-refractivity contribution >= 4 is 11.4 Å². The molecule has 0 aliphatic carbocycles. The molecule has 2 aromatic heterocycles. The van der Waals surface area contributed by atoms with Crippen LogP contribution in [0.3, 0.4) is 0 Å². The number of carbonyl (C=O) groups is 1. The van der Waals surface area contributed by atoms with Gasteiger partial charge in [-0.15, -0.1) is 0 Å². The van der Waals surface area contributed by atoms with Crippen molar-refractivity contribution in [1.29, 1.82) is 0 Å². The summed E-state index contributed by atoms with van der Waals surface area (Å²) in [6.07, 6.45) is 4.71. The summed E-state index contributed by atoms with van der Waals surface area (Å²) in [5.74, 6) is 0.805. The zero-order chi connectivity index (χ0) is 15.8. The Balaban J connectivity index is 1.49. The minimum absolute atomic E-state index is 0.0809. The van der Waals surface area contributed by atoms with E-state index in [0.717, 1.165) is 28.8 Å². The molecule has 1 N–H and O–H groups in total. The monoisotopic (exact) mass is 307 g/mol. The Morgan fingerprint density at radius 2 is 2.30 bits per heavy atom. The maximum atomic E-state index is 12.4. The largest absolute Gasteiger partial charge is 0.490 e. The van der Waals surface area contributed by atoms with Gasteiger partial charge in [0.2, 0.25) is 0 Å². The minimum Gasteiger partial charge on any atom is -0.490 e. The average molecular weight is 307 g/mol. The summed E-state index contributed by atoms with van der Waals surface area (Å²) in [6, 6.07) is 11.5. The fourth-order valence-electron chi connectivity index (χ4n) is 2.96. The van der Waals surface area contributed by atoms with Gasteiger partial charge in [0.1, 0.15) is 11.9 Å². The summed E-state index contributed by atoms with van der Waals surface area (Å²) < 4.78 is 7.47. The van der Waals surface area contributed by atoms with Gasteiger partial charge >= 0.3 is 0 Å². The Morgan fingerprint density at radius 3 is 3.22 bits per heavy atom. The second-order valence-corrected chi connectivity index (χ2v) is 5.84. The second-order valence-electron chi connectivity index (χ2n) is 5.84. The Labute approximate surface area is 133 Å². The average Bonchev–Trinajstić information content (AvgIpc) is 3.14. The number of hydrogen-bond donors (Lipinski definition) is 1. The van der Waals surface area contributed by atoms with Crippen molar-refractivity contribution in [3.8, 4) is 5.75 Å². The van der Waals surface area contributed by atoms with Crippen LogP contribution < -0.4 is 10.1 Å². The maximum absolute atomic E-state index is 12.4. The van der Waals surface area contributed by atoms with Crippen molar-refractivity contribution in [2.45, 2.75) is 26.0 Å². The van der Waals surface area contributed by atoms with Gasteiger partial charge in [0.25, 0.3) is 5.91 Å². The molecule has 1 atom stereocenters. The van der Waals surface area contributed by atoms with E-state index < -0.39 is 0 Å². The first-order valence-electron chi connectivity index (χ1n) is 7.70. The van der Waals surface area contributed by atoms with Gasteiger partial charge in [-0.3, -0.25) is 4.79 Å². The number of amides is 1. The smallest absolute Gasteiger partial charge is 0.251 e. The van der Waals surface area contributed by atoms with Crippen LogP contribution in [0.2, 0.25) is 0 Å². The van der Waals surface area contributed by atoms with Crippen LogP contribution in [0.5, 0.6) is 5.75 Å². The summed E-state index contributed by atoms with van der Waals surface area (Å²) in [7, 11) is 0. The SMILES string of the molecule is CC1Cc2cc(C(=O)NCc3cnn4ccccc34)ccc2O1. The first kappa shape index (κ1) is 13.8. The molecule has 5 heteroatoms. The first-order chi connectivity index (χ1) is 11.2. The van der Waals surface area contributed by atoms with Gasteiger partial charge in [0, 0.05) is 30.3 Å². The van der Waals surface area contributed by atoms with Crippen molar-refractivity contribution in [3.05, 3.63) is 65.5 Å². The fourth-order valence-corrected chi connectivity index (χ4v) is 2.96. The fraction of sp³-hybridized carbons (Fsp3) is 0.222. The second kappa shape index (κ2) is 5.43. The molecule has 0 fully saturated rings. The van der Waals surface area contributed by atoms with E-state index in [1.54, 1.807) is 10.7 Å². The van der Waals surface area contributed by atoms with Gasteiger partial charge in [0.15, 0.2) is 0 Å². The van der Waals surface area contributed by atoms with E-state index in [0.29, 0.717) is 12.1 Å². The Bertz CT molecular complexity index is 885. The molecular formula is C18H17N3O2. The molecule has 0 spiro atoms. The van der Waals surface area contributed by atoms with Crippen LogP contribution in [0.1, 0.15) is 28.4 Å². The van der Waals surface area contributed by atoms with Crippen LogP contribution in [0.15, 0.2) is 48.8 Å². The van der Waals surface area contributed by atoms with Crippen LogP contribution in [0.4, 0.5) is 0 Å². The van der Waals surface area contributed by atoms with E-state index in [-0.39, 0.29) is 12.0 Å². The number of nitrogens with zero attached hydrogens (tertiary/aromatic N) is 2. The van der Waals surface area contributed by atoms with Gasteiger partial charge < -0.3 is 10.1 Å². The lowest BCUT2D eigenvalue weighted by Crippen LogP contribution is -2.22. The van der Waals surface area contributed by atoms with Crippen LogP contribution in [0, 0.1) is 0 Å². The molecule has 1 unspecified atom stereocenters. The van der Waals surface area contributed by atoms with Gasteiger partial charge in [-0.05, 0) is 42.8 Å². The van der Waals surface area contributed by atoms with E-state index in [1.165, 1.54) is 0 Å².